The second kappa shape index (κ2) is 10.8. The van der Waals surface area contributed by atoms with Crippen molar-refractivity contribution in [2.24, 2.45) is 17.8 Å². The van der Waals surface area contributed by atoms with E-state index in [0.717, 1.165) is 11.8 Å². The van der Waals surface area contributed by atoms with Crippen molar-refractivity contribution in [2.45, 2.75) is 85.5 Å². The van der Waals surface area contributed by atoms with Crippen molar-refractivity contribution in [3.8, 4) is 0 Å². The first kappa shape index (κ1) is 21.0. The molecule has 0 saturated carbocycles. The van der Waals surface area contributed by atoms with Gasteiger partial charge < -0.3 is 0 Å². The molecule has 0 bridgehead atoms. The monoisotopic (exact) mass is 352 g/mol. The van der Waals surface area contributed by atoms with Crippen molar-refractivity contribution in [3.63, 3.8) is 0 Å². The SMILES string of the molecule is CCC(C)CCC1=CCC(C(C)c2ccc(CCC(C)CC)cc2)C=C1. The average Bonchev–Trinajstić information content (AvgIpc) is 2.70. The molecule has 0 amide bonds. The highest BCUT2D eigenvalue weighted by molar-refractivity contribution is 5.30. The summed E-state index contributed by atoms with van der Waals surface area (Å²) in [4.78, 5) is 0. The summed E-state index contributed by atoms with van der Waals surface area (Å²) >= 11 is 0. The molecule has 1 aliphatic carbocycles. The van der Waals surface area contributed by atoms with Crippen LogP contribution < -0.4 is 0 Å². The third-order valence-electron chi connectivity index (χ3n) is 6.60. The zero-order chi connectivity index (χ0) is 18.9. The highest BCUT2D eigenvalue weighted by Crippen LogP contribution is 2.32. The van der Waals surface area contributed by atoms with E-state index in [1.54, 1.807) is 5.57 Å². The van der Waals surface area contributed by atoms with Crippen LogP contribution in [0.15, 0.2) is 48.1 Å². The predicted octanol–water partition coefficient (Wildman–Crippen LogP) is 8.10. The molecule has 0 heteroatoms. The van der Waals surface area contributed by atoms with Crippen molar-refractivity contribution in [3.05, 3.63) is 59.2 Å². The fourth-order valence-corrected chi connectivity index (χ4v) is 3.71. The smallest absolute Gasteiger partial charge is 0.0124 e. The van der Waals surface area contributed by atoms with E-state index in [0.29, 0.717) is 11.8 Å². The Labute approximate surface area is 162 Å². The lowest BCUT2D eigenvalue weighted by atomic mass is 9.81. The summed E-state index contributed by atoms with van der Waals surface area (Å²) in [5, 5.41) is 0. The van der Waals surface area contributed by atoms with Gasteiger partial charge in [-0.15, -0.1) is 0 Å². The van der Waals surface area contributed by atoms with Crippen LogP contribution in [-0.2, 0) is 6.42 Å². The topological polar surface area (TPSA) is 0 Å². The molecule has 144 valence electrons. The first-order valence-corrected chi connectivity index (χ1v) is 11.0. The summed E-state index contributed by atoms with van der Waals surface area (Å²) in [7, 11) is 0. The van der Waals surface area contributed by atoms with Gasteiger partial charge in [-0.05, 0) is 66.9 Å². The van der Waals surface area contributed by atoms with E-state index in [-0.39, 0.29) is 0 Å². The molecule has 0 radical (unpaired) electrons. The van der Waals surface area contributed by atoms with Gasteiger partial charge in [0.1, 0.15) is 0 Å². The fourth-order valence-electron chi connectivity index (χ4n) is 3.71. The van der Waals surface area contributed by atoms with Crippen LogP contribution in [0.5, 0.6) is 0 Å². The molecule has 0 N–H and O–H groups in total. The summed E-state index contributed by atoms with van der Waals surface area (Å²) < 4.78 is 0. The Kier molecular flexibility index (Phi) is 8.69. The molecule has 0 aliphatic heterocycles. The van der Waals surface area contributed by atoms with Gasteiger partial charge in [-0.1, -0.05) is 95.5 Å². The van der Waals surface area contributed by atoms with Gasteiger partial charge in [0.25, 0.3) is 0 Å². The molecule has 1 aromatic rings. The van der Waals surface area contributed by atoms with E-state index < -0.39 is 0 Å². The standard InChI is InChI=1S/C26H40/c1-6-20(3)8-10-23-12-16-25(17-13-23)22(5)26-18-14-24(15-19-26)11-9-21(4)7-2/h12-18,20-22,26H,6-11,19H2,1-5H3. The van der Waals surface area contributed by atoms with Crippen molar-refractivity contribution >= 4 is 0 Å². The summed E-state index contributed by atoms with van der Waals surface area (Å²) in [5.74, 6) is 2.93. The third kappa shape index (κ3) is 6.45. The molecular weight excluding hydrogens is 312 g/mol. The number of benzene rings is 1. The molecule has 4 atom stereocenters. The molecule has 1 aromatic carbocycles. The molecule has 0 spiro atoms. The van der Waals surface area contributed by atoms with Crippen LogP contribution in [0, 0.1) is 17.8 Å². The third-order valence-corrected chi connectivity index (χ3v) is 6.60. The van der Waals surface area contributed by atoms with Gasteiger partial charge in [-0.25, -0.2) is 0 Å². The van der Waals surface area contributed by atoms with Crippen LogP contribution in [0.1, 0.15) is 90.2 Å². The Morgan fingerprint density at radius 3 is 2.04 bits per heavy atom. The lowest BCUT2D eigenvalue weighted by molar-refractivity contribution is 0.509. The molecule has 0 saturated heterocycles. The summed E-state index contributed by atoms with van der Waals surface area (Å²) in [6.07, 6.45) is 16.2. The molecule has 2 rings (SSSR count). The number of rotatable bonds is 10. The summed E-state index contributed by atoms with van der Waals surface area (Å²) in [5.41, 5.74) is 4.53. The van der Waals surface area contributed by atoms with Gasteiger partial charge in [0.15, 0.2) is 0 Å². The molecule has 0 heterocycles. The summed E-state index contributed by atoms with van der Waals surface area (Å²) in [6, 6.07) is 9.45. The molecule has 4 unspecified atom stereocenters. The first-order chi connectivity index (χ1) is 12.5. The van der Waals surface area contributed by atoms with Gasteiger partial charge in [0.2, 0.25) is 0 Å². The van der Waals surface area contributed by atoms with Gasteiger partial charge >= 0.3 is 0 Å². The maximum absolute atomic E-state index is 2.49. The van der Waals surface area contributed by atoms with E-state index in [1.807, 2.05) is 0 Å². The number of allylic oxidation sites excluding steroid dienone is 4. The highest BCUT2D eigenvalue weighted by atomic mass is 14.2. The van der Waals surface area contributed by atoms with Crippen LogP contribution >= 0.6 is 0 Å². The number of aryl methyl sites for hydroxylation is 1. The molecule has 0 fully saturated rings. The molecule has 0 nitrogen and oxygen atoms in total. The van der Waals surface area contributed by atoms with Crippen LogP contribution in [0.3, 0.4) is 0 Å². The Bertz CT molecular complexity index is 575. The second-order valence-electron chi connectivity index (χ2n) is 8.67. The minimum absolute atomic E-state index is 0.599. The maximum Gasteiger partial charge on any atom is -0.0124 e. The van der Waals surface area contributed by atoms with Crippen molar-refractivity contribution < 1.29 is 0 Å². The molecule has 0 aromatic heterocycles. The Balaban J connectivity index is 1.85. The van der Waals surface area contributed by atoms with Gasteiger partial charge in [0, 0.05) is 0 Å². The second-order valence-corrected chi connectivity index (χ2v) is 8.67. The molecule has 26 heavy (non-hydrogen) atoms. The van der Waals surface area contributed by atoms with Crippen LogP contribution in [0.25, 0.3) is 0 Å². The van der Waals surface area contributed by atoms with Crippen LogP contribution in [-0.4, -0.2) is 0 Å². The van der Waals surface area contributed by atoms with E-state index in [9.17, 15) is 0 Å². The normalized spacial score (nSPS) is 20.5. The minimum atomic E-state index is 0.599. The quantitative estimate of drug-likeness (QED) is 0.399. The minimum Gasteiger partial charge on any atom is -0.0807 e. The Morgan fingerprint density at radius 1 is 0.885 bits per heavy atom. The number of hydrogen-bond donors (Lipinski definition) is 0. The van der Waals surface area contributed by atoms with Crippen LogP contribution in [0.2, 0.25) is 0 Å². The van der Waals surface area contributed by atoms with Gasteiger partial charge in [0.05, 0.1) is 0 Å². The Hall–Kier alpha value is -1.30. The lowest BCUT2D eigenvalue weighted by Gasteiger charge is -2.24. The zero-order valence-electron chi connectivity index (χ0n) is 17.8. The highest BCUT2D eigenvalue weighted by Gasteiger charge is 2.18. The van der Waals surface area contributed by atoms with Crippen LogP contribution in [0.4, 0.5) is 0 Å². The van der Waals surface area contributed by atoms with E-state index in [4.69, 9.17) is 0 Å². The van der Waals surface area contributed by atoms with E-state index in [2.05, 4.69) is 77.1 Å². The van der Waals surface area contributed by atoms with Crippen molar-refractivity contribution in [1.82, 2.24) is 0 Å². The Morgan fingerprint density at radius 2 is 1.50 bits per heavy atom. The molecule has 1 aliphatic rings. The predicted molar refractivity (Wildman–Crippen MR) is 117 cm³/mol. The average molecular weight is 353 g/mol. The molecular formula is C26H40. The van der Waals surface area contributed by atoms with Crippen molar-refractivity contribution in [1.29, 1.82) is 0 Å². The fraction of sp³-hybridized carbons (Fsp3) is 0.615. The van der Waals surface area contributed by atoms with Crippen molar-refractivity contribution in [2.75, 3.05) is 0 Å². The largest absolute Gasteiger partial charge is 0.0807 e. The van der Waals surface area contributed by atoms with Gasteiger partial charge in [-0.2, -0.15) is 0 Å². The maximum atomic E-state index is 2.49. The number of hydrogen-bond acceptors (Lipinski definition) is 0. The zero-order valence-corrected chi connectivity index (χ0v) is 17.8. The lowest BCUT2D eigenvalue weighted by Crippen LogP contribution is -2.10. The van der Waals surface area contributed by atoms with E-state index in [1.165, 1.54) is 56.1 Å². The van der Waals surface area contributed by atoms with E-state index >= 15 is 0 Å². The van der Waals surface area contributed by atoms with Gasteiger partial charge in [-0.3, -0.25) is 0 Å². The first-order valence-electron chi connectivity index (χ1n) is 11.0. The summed E-state index contributed by atoms with van der Waals surface area (Å²) in [6.45, 7) is 11.7.